The van der Waals surface area contributed by atoms with Crippen LogP contribution in [0.15, 0.2) is 72.3 Å². The zero-order chi connectivity index (χ0) is 23.0. The number of nitrogens with one attached hydrogen (secondary N) is 4. The molecule has 10 heteroatoms. The Morgan fingerprint density at radius 3 is 2.39 bits per heavy atom. The number of hydrogen-bond acceptors (Lipinski definition) is 6. The van der Waals surface area contributed by atoms with Crippen LogP contribution >= 0.6 is 0 Å². The Labute approximate surface area is 175 Å². The number of hydrogen-bond donors (Lipinski definition) is 5. The third-order valence-corrected chi connectivity index (χ3v) is 4.04. The van der Waals surface area contributed by atoms with Crippen molar-refractivity contribution in [2.24, 2.45) is 0 Å². The highest BCUT2D eigenvalue weighted by Gasteiger charge is 2.31. The quantitative estimate of drug-likeness (QED) is 0.222. The third kappa shape index (κ3) is 6.41. The van der Waals surface area contributed by atoms with Crippen molar-refractivity contribution in [1.29, 1.82) is 10.8 Å². The molecule has 0 aromatic heterocycles. The zero-order valence-corrected chi connectivity index (χ0v) is 16.3. The lowest BCUT2D eigenvalue weighted by molar-refractivity contribution is -0.137. The molecular formula is C21H20F4N4O2. The van der Waals surface area contributed by atoms with Gasteiger partial charge in [-0.05, 0) is 36.4 Å². The molecule has 31 heavy (non-hydrogen) atoms. The molecule has 0 aliphatic carbocycles. The van der Waals surface area contributed by atoms with Gasteiger partial charge in [-0.25, -0.2) is 4.39 Å². The summed E-state index contributed by atoms with van der Waals surface area (Å²) in [6, 6.07) is 10.7. The molecule has 0 spiro atoms. The van der Waals surface area contributed by atoms with Gasteiger partial charge in [-0.1, -0.05) is 18.2 Å². The van der Waals surface area contributed by atoms with E-state index in [0.717, 1.165) is 18.5 Å². The molecule has 1 unspecified atom stereocenters. The van der Waals surface area contributed by atoms with Gasteiger partial charge in [-0.3, -0.25) is 5.41 Å². The molecular weight excluding hydrogens is 416 g/mol. The third-order valence-electron chi connectivity index (χ3n) is 4.04. The standard InChI is InChI=1S/C21H20F4N4O2/c1-31-18(12-28-16-8-7-13(11-15(16)22)21(23,24)25)20(30)19(27)17(9-10-26)29-14-5-3-2-4-6-14/h2-12,20,26-30H,1H3/b17-9-,18-12+,26-10?,27-19?. The summed E-state index contributed by atoms with van der Waals surface area (Å²) in [6.07, 6.45) is -3.07. The highest BCUT2D eigenvalue weighted by atomic mass is 19.4. The Balaban J connectivity index is 2.20. The van der Waals surface area contributed by atoms with Gasteiger partial charge in [0.05, 0.1) is 29.8 Å². The number of anilines is 2. The number of allylic oxidation sites excluding steroid dienone is 1. The predicted molar refractivity (Wildman–Crippen MR) is 111 cm³/mol. The van der Waals surface area contributed by atoms with Crippen LogP contribution in [0.4, 0.5) is 28.9 Å². The molecule has 2 aromatic rings. The van der Waals surface area contributed by atoms with Crippen molar-refractivity contribution < 1.29 is 27.4 Å². The molecule has 0 aliphatic heterocycles. The van der Waals surface area contributed by atoms with Crippen LogP contribution in [0, 0.1) is 16.6 Å². The fraction of sp³-hybridized carbons (Fsp3) is 0.143. The van der Waals surface area contributed by atoms with Crippen molar-refractivity contribution in [3.05, 3.63) is 83.6 Å². The predicted octanol–water partition coefficient (Wildman–Crippen LogP) is 4.77. The summed E-state index contributed by atoms with van der Waals surface area (Å²) in [6.45, 7) is 0. The average Bonchev–Trinajstić information content (AvgIpc) is 2.74. The molecule has 0 aliphatic rings. The molecule has 1 atom stereocenters. The fourth-order valence-electron chi connectivity index (χ4n) is 2.46. The van der Waals surface area contributed by atoms with Crippen molar-refractivity contribution in [2.45, 2.75) is 12.3 Å². The number of benzene rings is 2. The van der Waals surface area contributed by atoms with Crippen LogP contribution in [0.5, 0.6) is 0 Å². The zero-order valence-electron chi connectivity index (χ0n) is 16.3. The number of aliphatic hydroxyl groups excluding tert-OH is 1. The molecule has 0 saturated heterocycles. The monoisotopic (exact) mass is 436 g/mol. The van der Waals surface area contributed by atoms with E-state index in [9.17, 15) is 22.7 Å². The Kier molecular flexibility index (Phi) is 7.92. The number of ether oxygens (including phenoxy) is 1. The van der Waals surface area contributed by atoms with Crippen molar-refractivity contribution in [3.8, 4) is 0 Å². The van der Waals surface area contributed by atoms with Gasteiger partial charge in [0.1, 0.15) is 11.6 Å². The molecule has 2 aromatic carbocycles. The van der Waals surface area contributed by atoms with Gasteiger partial charge in [-0.15, -0.1) is 0 Å². The number of methoxy groups -OCH3 is 1. The Bertz CT molecular complexity index is 989. The van der Waals surface area contributed by atoms with E-state index in [2.05, 4.69) is 10.6 Å². The molecule has 0 radical (unpaired) electrons. The van der Waals surface area contributed by atoms with Gasteiger partial charge in [0, 0.05) is 18.1 Å². The van der Waals surface area contributed by atoms with E-state index < -0.39 is 23.7 Å². The summed E-state index contributed by atoms with van der Waals surface area (Å²) >= 11 is 0. The van der Waals surface area contributed by atoms with Crippen molar-refractivity contribution >= 4 is 23.3 Å². The lowest BCUT2D eigenvalue weighted by atomic mass is 10.1. The van der Waals surface area contributed by atoms with E-state index >= 15 is 0 Å². The maximum Gasteiger partial charge on any atom is 0.416 e. The number of rotatable bonds is 9. The van der Waals surface area contributed by atoms with E-state index in [4.69, 9.17) is 15.6 Å². The molecule has 164 valence electrons. The Hall–Kier alpha value is -3.66. The number of halogens is 4. The van der Waals surface area contributed by atoms with Crippen LogP contribution < -0.4 is 10.6 Å². The molecule has 2 rings (SSSR count). The average molecular weight is 436 g/mol. The van der Waals surface area contributed by atoms with Crippen LogP contribution in [-0.2, 0) is 10.9 Å². The molecule has 0 fully saturated rings. The largest absolute Gasteiger partial charge is 0.496 e. The lowest BCUT2D eigenvalue weighted by Crippen LogP contribution is -2.28. The van der Waals surface area contributed by atoms with E-state index in [1.165, 1.54) is 13.2 Å². The Morgan fingerprint density at radius 1 is 1.16 bits per heavy atom. The first-order valence-electron chi connectivity index (χ1n) is 8.84. The van der Waals surface area contributed by atoms with Crippen LogP contribution in [0.25, 0.3) is 0 Å². The first-order valence-corrected chi connectivity index (χ1v) is 8.84. The summed E-state index contributed by atoms with van der Waals surface area (Å²) in [4.78, 5) is 0. The van der Waals surface area contributed by atoms with Crippen LogP contribution in [-0.4, -0.2) is 30.2 Å². The Morgan fingerprint density at radius 2 is 1.84 bits per heavy atom. The first kappa shape index (κ1) is 23.6. The van der Waals surface area contributed by atoms with Crippen LogP contribution in [0.3, 0.4) is 0 Å². The first-order chi connectivity index (χ1) is 14.7. The van der Waals surface area contributed by atoms with Gasteiger partial charge in [-0.2, -0.15) is 13.2 Å². The van der Waals surface area contributed by atoms with Crippen molar-refractivity contribution in [3.63, 3.8) is 0 Å². The molecule has 0 heterocycles. The highest BCUT2D eigenvalue weighted by Crippen LogP contribution is 2.31. The minimum Gasteiger partial charge on any atom is -0.496 e. The number of para-hydroxylation sites is 1. The van der Waals surface area contributed by atoms with E-state index in [1.54, 1.807) is 30.3 Å². The fourth-order valence-corrected chi connectivity index (χ4v) is 2.46. The molecule has 0 amide bonds. The normalized spacial score (nSPS) is 13.4. The maximum absolute atomic E-state index is 14.0. The summed E-state index contributed by atoms with van der Waals surface area (Å²) in [5.41, 5.74) is -1.05. The second-order valence-corrected chi connectivity index (χ2v) is 6.14. The second kappa shape index (κ2) is 10.4. The van der Waals surface area contributed by atoms with Gasteiger partial charge >= 0.3 is 6.18 Å². The molecule has 0 saturated carbocycles. The van der Waals surface area contributed by atoms with Crippen molar-refractivity contribution in [2.75, 3.05) is 17.7 Å². The lowest BCUT2D eigenvalue weighted by Gasteiger charge is -2.19. The topological polar surface area (TPSA) is 101 Å². The van der Waals surface area contributed by atoms with Crippen LogP contribution in [0.1, 0.15) is 5.56 Å². The van der Waals surface area contributed by atoms with Gasteiger partial charge < -0.3 is 25.9 Å². The summed E-state index contributed by atoms with van der Waals surface area (Å²) < 4.78 is 57.0. The minimum absolute atomic E-state index is 0.109. The second-order valence-electron chi connectivity index (χ2n) is 6.14. The van der Waals surface area contributed by atoms with Gasteiger partial charge in [0.25, 0.3) is 0 Å². The minimum atomic E-state index is -4.68. The summed E-state index contributed by atoms with van der Waals surface area (Å²) in [5.74, 6) is -1.35. The van der Waals surface area contributed by atoms with Gasteiger partial charge in [0.15, 0.2) is 6.10 Å². The van der Waals surface area contributed by atoms with Gasteiger partial charge in [0.2, 0.25) is 0 Å². The van der Waals surface area contributed by atoms with E-state index in [1.807, 2.05) is 0 Å². The number of aliphatic hydroxyl groups is 1. The smallest absolute Gasteiger partial charge is 0.416 e. The molecule has 5 N–H and O–H groups in total. The molecule has 6 nitrogen and oxygen atoms in total. The van der Waals surface area contributed by atoms with E-state index in [0.29, 0.717) is 17.8 Å². The number of alkyl halides is 3. The van der Waals surface area contributed by atoms with Crippen molar-refractivity contribution in [1.82, 2.24) is 0 Å². The highest BCUT2D eigenvalue weighted by molar-refractivity contribution is 6.06. The van der Waals surface area contributed by atoms with E-state index in [-0.39, 0.29) is 22.9 Å². The SMILES string of the molecule is CO/C(=C/Nc1ccc(C(F)(F)F)cc1F)C(O)C(=N)/C(=C/C=N)Nc1ccccc1. The summed E-state index contributed by atoms with van der Waals surface area (Å²) in [5, 5.41) is 31.3. The molecule has 0 bridgehead atoms. The van der Waals surface area contributed by atoms with Crippen LogP contribution in [0.2, 0.25) is 0 Å². The maximum atomic E-state index is 14.0. The summed E-state index contributed by atoms with van der Waals surface area (Å²) in [7, 11) is 1.21.